The van der Waals surface area contributed by atoms with Crippen molar-refractivity contribution in [1.82, 2.24) is 5.32 Å². The lowest BCUT2D eigenvalue weighted by molar-refractivity contribution is -0.127. The second-order valence-electron chi connectivity index (χ2n) is 5.79. The molecule has 2 atom stereocenters. The zero-order chi connectivity index (χ0) is 13.2. The zero-order valence-corrected chi connectivity index (χ0v) is 11.1. The Labute approximate surface area is 114 Å². The van der Waals surface area contributed by atoms with Crippen LogP contribution in [-0.2, 0) is 11.2 Å². The van der Waals surface area contributed by atoms with Gasteiger partial charge in [0.05, 0.1) is 12.1 Å². The van der Waals surface area contributed by atoms with Gasteiger partial charge in [0.15, 0.2) is 0 Å². The van der Waals surface area contributed by atoms with Gasteiger partial charge in [0, 0.05) is 12.3 Å². The van der Waals surface area contributed by atoms with Gasteiger partial charge in [-0.2, -0.15) is 0 Å². The van der Waals surface area contributed by atoms with Crippen LogP contribution in [0.4, 0.5) is 0 Å². The molecule has 0 aliphatic heterocycles. The zero-order valence-electron chi connectivity index (χ0n) is 11.1. The van der Waals surface area contributed by atoms with Crippen LogP contribution in [0.3, 0.4) is 0 Å². The molecule has 1 fully saturated rings. The van der Waals surface area contributed by atoms with E-state index in [1.54, 1.807) is 0 Å². The minimum atomic E-state index is -0.482. The number of fused-ring (bicyclic) bond motifs is 1. The first-order chi connectivity index (χ1) is 9.25. The normalized spacial score (nSPS) is 27.0. The van der Waals surface area contributed by atoms with Gasteiger partial charge in [-0.15, -0.1) is 0 Å². The summed E-state index contributed by atoms with van der Waals surface area (Å²) in [5.41, 5.74) is 2.24. The van der Waals surface area contributed by atoms with Gasteiger partial charge < -0.3 is 10.4 Å². The SMILES string of the molecule is O=C(N[C@@H]1c2ccccc2C[C@@H]1O)C1CCCCC1. The number of amides is 1. The summed E-state index contributed by atoms with van der Waals surface area (Å²) in [5.74, 6) is 0.272. The maximum Gasteiger partial charge on any atom is 0.223 e. The Morgan fingerprint density at radius 2 is 1.89 bits per heavy atom. The maximum atomic E-state index is 12.3. The lowest BCUT2D eigenvalue weighted by Crippen LogP contribution is -2.38. The number of hydrogen-bond donors (Lipinski definition) is 2. The van der Waals surface area contributed by atoms with Crippen molar-refractivity contribution in [3.63, 3.8) is 0 Å². The summed E-state index contributed by atoms with van der Waals surface area (Å²) >= 11 is 0. The van der Waals surface area contributed by atoms with Gasteiger partial charge in [-0.1, -0.05) is 43.5 Å². The molecule has 1 aromatic carbocycles. The first-order valence-electron chi connectivity index (χ1n) is 7.32. The number of nitrogens with one attached hydrogen (secondary N) is 1. The maximum absolute atomic E-state index is 12.3. The Kier molecular flexibility index (Phi) is 3.56. The molecule has 0 bridgehead atoms. The molecule has 1 aromatic rings. The molecule has 2 N–H and O–H groups in total. The summed E-state index contributed by atoms with van der Waals surface area (Å²) in [4.78, 5) is 12.3. The van der Waals surface area contributed by atoms with Crippen molar-refractivity contribution in [1.29, 1.82) is 0 Å². The number of carbonyl (C=O) groups is 1. The van der Waals surface area contributed by atoms with E-state index < -0.39 is 6.10 Å². The first-order valence-corrected chi connectivity index (χ1v) is 7.32. The van der Waals surface area contributed by atoms with E-state index in [0.717, 1.165) is 36.8 Å². The minimum Gasteiger partial charge on any atom is -0.390 e. The van der Waals surface area contributed by atoms with E-state index in [1.165, 1.54) is 6.42 Å². The monoisotopic (exact) mass is 259 g/mol. The van der Waals surface area contributed by atoms with Crippen LogP contribution >= 0.6 is 0 Å². The smallest absolute Gasteiger partial charge is 0.223 e. The molecule has 0 spiro atoms. The second-order valence-corrected chi connectivity index (χ2v) is 5.79. The van der Waals surface area contributed by atoms with E-state index in [2.05, 4.69) is 5.32 Å². The fourth-order valence-electron chi connectivity index (χ4n) is 3.38. The highest BCUT2D eigenvalue weighted by Gasteiger charge is 2.33. The van der Waals surface area contributed by atoms with Gasteiger partial charge in [0.25, 0.3) is 0 Å². The molecule has 0 saturated heterocycles. The van der Waals surface area contributed by atoms with Crippen molar-refractivity contribution in [2.45, 2.75) is 50.7 Å². The van der Waals surface area contributed by atoms with Crippen molar-refractivity contribution < 1.29 is 9.90 Å². The molecule has 19 heavy (non-hydrogen) atoms. The number of benzene rings is 1. The van der Waals surface area contributed by atoms with E-state index in [0.29, 0.717) is 6.42 Å². The molecule has 0 heterocycles. The Balaban J connectivity index is 1.71. The van der Waals surface area contributed by atoms with Crippen LogP contribution in [0.25, 0.3) is 0 Å². The second kappa shape index (κ2) is 5.33. The van der Waals surface area contributed by atoms with Gasteiger partial charge in [0.2, 0.25) is 5.91 Å². The molecule has 2 aliphatic rings. The fraction of sp³-hybridized carbons (Fsp3) is 0.562. The highest BCUT2D eigenvalue weighted by atomic mass is 16.3. The number of rotatable bonds is 2. The molecular formula is C16H21NO2. The van der Waals surface area contributed by atoms with E-state index in [1.807, 2.05) is 24.3 Å². The van der Waals surface area contributed by atoms with Crippen molar-refractivity contribution in [3.8, 4) is 0 Å². The number of hydrogen-bond acceptors (Lipinski definition) is 2. The van der Waals surface area contributed by atoms with Crippen molar-refractivity contribution >= 4 is 5.91 Å². The molecule has 2 aliphatic carbocycles. The summed E-state index contributed by atoms with van der Waals surface area (Å²) in [5, 5.41) is 13.2. The molecule has 0 aromatic heterocycles. The van der Waals surface area contributed by atoms with Crippen molar-refractivity contribution in [3.05, 3.63) is 35.4 Å². The molecular weight excluding hydrogens is 238 g/mol. The largest absolute Gasteiger partial charge is 0.390 e. The van der Waals surface area contributed by atoms with E-state index >= 15 is 0 Å². The van der Waals surface area contributed by atoms with E-state index in [-0.39, 0.29) is 17.9 Å². The number of carbonyl (C=O) groups excluding carboxylic acids is 1. The summed E-state index contributed by atoms with van der Waals surface area (Å²) < 4.78 is 0. The summed E-state index contributed by atoms with van der Waals surface area (Å²) in [6.07, 6.45) is 5.71. The standard InChI is InChI=1S/C16H21NO2/c18-14-10-12-8-4-5-9-13(12)15(14)17-16(19)11-6-2-1-3-7-11/h4-5,8-9,11,14-15,18H,1-3,6-7,10H2,(H,17,19)/t14-,15+/m0/s1. The van der Waals surface area contributed by atoms with Crippen LogP contribution in [-0.4, -0.2) is 17.1 Å². The van der Waals surface area contributed by atoms with Crippen molar-refractivity contribution in [2.75, 3.05) is 0 Å². The van der Waals surface area contributed by atoms with Crippen LogP contribution < -0.4 is 5.32 Å². The lowest BCUT2D eigenvalue weighted by Gasteiger charge is -2.24. The van der Waals surface area contributed by atoms with Crippen LogP contribution in [0.5, 0.6) is 0 Å². The quantitative estimate of drug-likeness (QED) is 0.856. The predicted molar refractivity (Wildman–Crippen MR) is 73.6 cm³/mol. The highest BCUT2D eigenvalue weighted by Crippen LogP contribution is 2.32. The average Bonchev–Trinajstić information content (AvgIpc) is 2.76. The topological polar surface area (TPSA) is 49.3 Å². The average molecular weight is 259 g/mol. The summed E-state index contributed by atoms with van der Waals surface area (Å²) in [7, 11) is 0. The van der Waals surface area contributed by atoms with Crippen LogP contribution in [0, 0.1) is 5.92 Å². The molecule has 3 heteroatoms. The molecule has 0 unspecified atom stereocenters. The van der Waals surface area contributed by atoms with Gasteiger partial charge in [-0.3, -0.25) is 4.79 Å². The first kappa shape index (κ1) is 12.7. The van der Waals surface area contributed by atoms with Gasteiger partial charge in [-0.25, -0.2) is 0 Å². The van der Waals surface area contributed by atoms with Gasteiger partial charge in [-0.05, 0) is 24.0 Å². The van der Waals surface area contributed by atoms with Gasteiger partial charge in [0.1, 0.15) is 0 Å². The fourth-order valence-corrected chi connectivity index (χ4v) is 3.38. The highest BCUT2D eigenvalue weighted by molar-refractivity contribution is 5.79. The Morgan fingerprint density at radius 3 is 2.68 bits per heavy atom. The molecule has 1 saturated carbocycles. The third kappa shape index (κ3) is 2.52. The third-order valence-electron chi connectivity index (χ3n) is 4.48. The molecule has 3 nitrogen and oxygen atoms in total. The lowest BCUT2D eigenvalue weighted by atomic mass is 9.88. The van der Waals surface area contributed by atoms with E-state index in [9.17, 15) is 9.90 Å². The predicted octanol–water partition coefficient (Wildman–Crippen LogP) is 2.34. The minimum absolute atomic E-state index is 0.125. The Morgan fingerprint density at radius 1 is 1.16 bits per heavy atom. The summed E-state index contributed by atoms with van der Waals surface area (Å²) in [6.45, 7) is 0. The molecule has 102 valence electrons. The number of aliphatic hydroxyl groups is 1. The van der Waals surface area contributed by atoms with E-state index in [4.69, 9.17) is 0 Å². The Hall–Kier alpha value is -1.35. The molecule has 1 amide bonds. The van der Waals surface area contributed by atoms with Gasteiger partial charge >= 0.3 is 0 Å². The van der Waals surface area contributed by atoms with Crippen LogP contribution in [0.15, 0.2) is 24.3 Å². The van der Waals surface area contributed by atoms with Crippen molar-refractivity contribution in [2.24, 2.45) is 5.92 Å². The van der Waals surface area contributed by atoms with Crippen LogP contribution in [0.1, 0.15) is 49.3 Å². The summed E-state index contributed by atoms with van der Waals surface area (Å²) in [6, 6.07) is 7.78. The Bertz CT molecular complexity index is 466. The third-order valence-corrected chi connectivity index (χ3v) is 4.48. The van der Waals surface area contributed by atoms with Crippen LogP contribution in [0.2, 0.25) is 0 Å². The molecule has 3 rings (SSSR count). The molecule has 0 radical (unpaired) electrons. The number of aliphatic hydroxyl groups excluding tert-OH is 1.